The van der Waals surface area contributed by atoms with E-state index in [1.807, 2.05) is 11.6 Å². The largest absolute Gasteiger partial charge is 0.357 e. The molecule has 0 amide bonds. The van der Waals surface area contributed by atoms with Crippen LogP contribution in [0, 0.1) is 6.92 Å². The molecule has 1 aliphatic heterocycles. The van der Waals surface area contributed by atoms with E-state index in [-0.39, 0.29) is 6.04 Å². The molecular weight excluding hydrogens is 308 g/mol. The van der Waals surface area contributed by atoms with Gasteiger partial charge in [-0.05, 0) is 13.3 Å². The van der Waals surface area contributed by atoms with E-state index in [9.17, 15) is 0 Å². The normalized spacial score (nSPS) is 17.6. The Balaban J connectivity index is 1.63. The Hall–Kier alpha value is -2.45. The Labute approximate surface area is 141 Å². The van der Waals surface area contributed by atoms with Crippen molar-refractivity contribution in [3.63, 3.8) is 0 Å². The summed E-state index contributed by atoms with van der Waals surface area (Å²) in [5, 5.41) is 15.1. The van der Waals surface area contributed by atoms with Gasteiger partial charge in [-0.2, -0.15) is 10.1 Å². The van der Waals surface area contributed by atoms with E-state index in [4.69, 9.17) is 4.52 Å². The van der Waals surface area contributed by atoms with Gasteiger partial charge < -0.3 is 15.2 Å². The maximum atomic E-state index is 4.97. The van der Waals surface area contributed by atoms with Crippen LogP contribution in [-0.2, 0) is 25.9 Å². The van der Waals surface area contributed by atoms with E-state index in [0.29, 0.717) is 18.3 Å². The third-order valence-electron chi connectivity index (χ3n) is 3.85. The lowest BCUT2D eigenvalue weighted by atomic mass is 10.1. The number of aliphatic imine (C=N–C) groups is 1. The molecule has 0 aliphatic carbocycles. The number of aromatic nitrogens is 5. The molecule has 0 aromatic carbocycles. The fraction of sp³-hybridized carbons (Fsp3) is 0.667. The van der Waals surface area contributed by atoms with Gasteiger partial charge in [0.2, 0.25) is 5.89 Å². The van der Waals surface area contributed by atoms with Gasteiger partial charge in [0, 0.05) is 32.4 Å². The average Bonchev–Trinajstić information content (AvgIpc) is 3.18. The van der Waals surface area contributed by atoms with E-state index in [1.54, 1.807) is 6.92 Å². The van der Waals surface area contributed by atoms with Crippen molar-refractivity contribution in [2.75, 3.05) is 6.54 Å². The van der Waals surface area contributed by atoms with Crippen LogP contribution in [0.1, 0.15) is 43.6 Å². The van der Waals surface area contributed by atoms with E-state index in [1.165, 1.54) is 0 Å². The highest BCUT2D eigenvalue weighted by Crippen LogP contribution is 2.13. The third-order valence-corrected chi connectivity index (χ3v) is 3.85. The molecule has 24 heavy (non-hydrogen) atoms. The van der Waals surface area contributed by atoms with E-state index >= 15 is 0 Å². The zero-order valence-corrected chi connectivity index (χ0v) is 14.4. The number of guanidine groups is 1. The second kappa shape index (κ2) is 7.41. The van der Waals surface area contributed by atoms with E-state index in [2.05, 4.69) is 42.8 Å². The van der Waals surface area contributed by atoms with Crippen molar-refractivity contribution in [2.24, 2.45) is 4.99 Å². The number of hydrogen-bond acceptors (Lipinski definition) is 6. The predicted octanol–water partition coefficient (Wildman–Crippen LogP) is 0.602. The molecule has 1 unspecified atom stereocenters. The molecule has 1 atom stereocenters. The summed E-state index contributed by atoms with van der Waals surface area (Å²) in [4.78, 5) is 13.3. The maximum Gasteiger partial charge on any atom is 0.223 e. The molecule has 0 saturated carbocycles. The highest BCUT2D eigenvalue weighted by molar-refractivity contribution is 5.80. The molecule has 3 rings (SSSR count). The third kappa shape index (κ3) is 3.90. The number of hydrogen-bond donors (Lipinski definition) is 2. The van der Waals surface area contributed by atoms with Crippen molar-refractivity contribution in [2.45, 2.75) is 59.2 Å². The fourth-order valence-corrected chi connectivity index (χ4v) is 2.70. The fourth-order valence-electron chi connectivity index (χ4n) is 2.70. The molecule has 2 aromatic heterocycles. The Kier molecular flexibility index (Phi) is 5.07. The van der Waals surface area contributed by atoms with Crippen molar-refractivity contribution in [1.29, 1.82) is 0 Å². The van der Waals surface area contributed by atoms with E-state index < -0.39 is 0 Å². The highest BCUT2D eigenvalue weighted by atomic mass is 16.5. The Bertz CT molecular complexity index is 704. The van der Waals surface area contributed by atoms with E-state index in [0.717, 1.165) is 50.0 Å². The summed E-state index contributed by atoms with van der Waals surface area (Å²) >= 11 is 0. The number of fused-ring (bicyclic) bond motifs is 1. The number of nitrogens with zero attached hydrogens (tertiary/aromatic N) is 6. The van der Waals surface area contributed by atoms with Gasteiger partial charge >= 0.3 is 0 Å². The maximum absolute atomic E-state index is 4.97. The standard InChI is InChI=1S/C15H24N8O/c1-4-12-20-14-7-6-11(9-23(14)21-12)19-15(16-5-2)17-8-13-18-10(3)24-22-13/h11H,4-9H2,1-3H3,(H2,16,17,19). The van der Waals surface area contributed by atoms with Crippen molar-refractivity contribution in [3.05, 3.63) is 23.4 Å². The molecule has 9 nitrogen and oxygen atoms in total. The molecule has 1 aliphatic rings. The molecule has 0 saturated heterocycles. The van der Waals surface area contributed by atoms with Crippen LogP contribution in [0.5, 0.6) is 0 Å². The zero-order valence-electron chi connectivity index (χ0n) is 14.4. The van der Waals surface area contributed by atoms with Gasteiger partial charge in [-0.3, -0.25) is 0 Å². The second-order valence-corrected chi connectivity index (χ2v) is 5.78. The molecular formula is C15H24N8O. The molecule has 0 bridgehead atoms. The summed E-state index contributed by atoms with van der Waals surface area (Å²) < 4.78 is 6.98. The molecule has 130 valence electrons. The first kappa shape index (κ1) is 16.4. The van der Waals surface area contributed by atoms with Gasteiger partial charge in [0.1, 0.15) is 12.4 Å². The Morgan fingerprint density at radius 2 is 2.21 bits per heavy atom. The Morgan fingerprint density at radius 3 is 2.92 bits per heavy atom. The van der Waals surface area contributed by atoms with Gasteiger partial charge in [0.25, 0.3) is 0 Å². The van der Waals surface area contributed by atoms with Crippen LogP contribution in [-0.4, -0.2) is 43.5 Å². The van der Waals surface area contributed by atoms with Crippen molar-refractivity contribution < 1.29 is 4.52 Å². The second-order valence-electron chi connectivity index (χ2n) is 5.78. The van der Waals surface area contributed by atoms with Crippen LogP contribution in [0.3, 0.4) is 0 Å². The highest BCUT2D eigenvalue weighted by Gasteiger charge is 2.22. The average molecular weight is 332 g/mol. The Morgan fingerprint density at radius 1 is 1.33 bits per heavy atom. The summed E-state index contributed by atoms with van der Waals surface area (Å²) in [7, 11) is 0. The first-order chi connectivity index (χ1) is 11.7. The topological polar surface area (TPSA) is 106 Å². The molecule has 0 spiro atoms. The molecule has 0 fully saturated rings. The molecule has 9 heteroatoms. The van der Waals surface area contributed by atoms with Gasteiger partial charge in [-0.15, -0.1) is 0 Å². The van der Waals surface area contributed by atoms with Crippen LogP contribution in [0.4, 0.5) is 0 Å². The minimum Gasteiger partial charge on any atom is -0.357 e. The SMILES string of the molecule is CCNC(=NCc1noc(C)n1)NC1CCc2nc(CC)nn2C1. The lowest BCUT2D eigenvalue weighted by Crippen LogP contribution is -2.47. The first-order valence-corrected chi connectivity index (χ1v) is 8.44. The quantitative estimate of drug-likeness (QED) is 0.610. The summed E-state index contributed by atoms with van der Waals surface area (Å²) in [5.74, 6) is 3.88. The van der Waals surface area contributed by atoms with Gasteiger partial charge in [0.15, 0.2) is 17.6 Å². The lowest BCUT2D eigenvalue weighted by molar-refractivity contribution is 0.387. The summed E-state index contributed by atoms with van der Waals surface area (Å²) in [6, 6.07) is 0.272. The number of aryl methyl sites for hydroxylation is 3. The number of nitrogens with one attached hydrogen (secondary N) is 2. The smallest absolute Gasteiger partial charge is 0.223 e. The monoisotopic (exact) mass is 332 g/mol. The lowest BCUT2D eigenvalue weighted by Gasteiger charge is -2.25. The molecule has 3 heterocycles. The van der Waals surface area contributed by atoms with Gasteiger partial charge in [-0.1, -0.05) is 12.1 Å². The zero-order chi connectivity index (χ0) is 16.9. The summed E-state index contributed by atoms with van der Waals surface area (Å²) in [6.07, 6.45) is 2.80. The van der Waals surface area contributed by atoms with Crippen LogP contribution in [0.2, 0.25) is 0 Å². The molecule has 2 aromatic rings. The predicted molar refractivity (Wildman–Crippen MR) is 88.5 cm³/mol. The summed E-state index contributed by atoms with van der Waals surface area (Å²) in [5.41, 5.74) is 0. The summed E-state index contributed by atoms with van der Waals surface area (Å²) in [6.45, 7) is 7.86. The minimum absolute atomic E-state index is 0.272. The van der Waals surface area contributed by atoms with Crippen LogP contribution < -0.4 is 10.6 Å². The van der Waals surface area contributed by atoms with Crippen molar-refractivity contribution >= 4 is 5.96 Å². The first-order valence-electron chi connectivity index (χ1n) is 8.44. The number of rotatable bonds is 5. The van der Waals surface area contributed by atoms with Crippen molar-refractivity contribution in [3.8, 4) is 0 Å². The van der Waals surface area contributed by atoms with Gasteiger partial charge in [0.05, 0.1) is 6.54 Å². The van der Waals surface area contributed by atoms with Crippen molar-refractivity contribution in [1.82, 2.24) is 35.5 Å². The molecule has 0 radical (unpaired) electrons. The molecule has 2 N–H and O–H groups in total. The van der Waals surface area contributed by atoms with Gasteiger partial charge in [-0.25, -0.2) is 14.7 Å². The van der Waals surface area contributed by atoms with Crippen LogP contribution >= 0.6 is 0 Å². The van der Waals surface area contributed by atoms with Crippen LogP contribution in [0.25, 0.3) is 0 Å². The minimum atomic E-state index is 0.272. The van der Waals surface area contributed by atoms with Crippen LogP contribution in [0.15, 0.2) is 9.52 Å².